The van der Waals surface area contributed by atoms with E-state index in [1.165, 1.54) is 23.3 Å². The van der Waals surface area contributed by atoms with Crippen LogP contribution in [0.4, 0.5) is 9.18 Å². The number of amides is 1. The summed E-state index contributed by atoms with van der Waals surface area (Å²) in [5.41, 5.74) is 2.59. The minimum Gasteiger partial charge on any atom is -0.443 e. The normalized spacial score (nSPS) is 16.3. The van der Waals surface area contributed by atoms with Gasteiger partial charge in [-0.1, -0.05) is 42.5 Å². The number of benzene rings is 2. The number of fused-ring (bicyclic) bond motifs is 1. The van der Waals surface area contributed by atoms with Crippen molar-refractivity contribution in [2.24, 2.45) is 0 Å². The van der Waals surface area contributed by atoms with E-state index in [4.69, 9.17) is 4.74 Å². The number of carbonyl (C=O) groups is 1. The lowest BCUT2D eigenvalue weighted by molar-refractivity contribution is 0.0363. The molecule has 126 valence electrons. The third-order valence-electron chi connectivity index (χ3n) is 4.13. The van der Waals surface area contributed by atoms with Gasteiger partial charge in [0.1, 0.15) is 11.9 Å². The van der Waals surface area contributed by atoms with Crippen LogP contribution in [0, 0.1) is 5.82 Å². The molecule has 0 bridgehead atoms. The number of rotatable bonds is 1. The number of nitrogens with zero attached hydrogens (tertiary/aromatic N) is 1. The molecule has 0 spiro atoms. The van der Waals surface area contributed by atoms with Crippen LogP contribution >= 0.6 is 0 Å². The van der Waals surface area contributed by atoms with Crippen LogP contribution in [0.1, 0.15) is 11.1 Å². The van der Waals surface area contributed by atoms with Crippen LogP contribution in [-0.2, 0) is 17.7 Å². The Kier molecular flexibility index (Phi) is 5.43. The molecule has 2 heterocycles. The van der Waals surface area contributed by atoms with Gasteiger partial charge in [0.2, 0.25) is 0 Å². The van der Waals surface area contributed by atoms with Gasteiger partial charge in [0.05, 0.1) is 0 Å². The number of hydrogen-bond acceptors (Lipinski definition) is 3. The lowest BCUT2D eigenvalue weighted by Gasteiger charge is -2.32. The summed E-state index contributed by atoms with van der Waals surface area (Å²) in [6.45, 7) is 3.01. The molecule has 0 radical (unpaired) electrons. The molecule has 2 aliphatic heterocycles. The number of carbonyl (C=O) groups excluding carboxylic acids is 1. The number of nitrogens with one attached hydrogen (secondary N) is 1. The quantitative estimate of drug-likeness (QED) is 0.875. The first kappa shape index (κ1) is 16.5. The fourth-order valence-electron chi connectivity index (χ4n) is 2.63. The molecule has 0 unspecified atom stereocenters. The molecule has 2 aromatic rings. The van der Waals surface area contributed by atoms with E-state index in [9.17, 15) is 9.18 Å². The second-order valence-corrected chi connectivity index (χ2v) is 5.90. The molecule has 2 aliphatic rings. The highest BCUT2D eigenvalue weighted by Gasteiger charge is 2.26. The van der Waals surface area contributed by atoms with Crippen molar-refractivity contribution in [2.75, 3.05) is 19.6 Å². The van der Waals surface area contributed by atoms with E-state index in [0.29, 0.717) is 6.54 Å². The second kappa shape index (κ2) is 7.93. The molecular weight excluding hydrogens is 307 g/mol. The first-order valence-corrected chi connectivity index (χ1v) is 8.16. The highest BCUT2D eigenvalue weighted by atomic mass is 19.1. The van der Waals surface area contributed by atoms with Gasteiger partial charge < -0.3 is 15.0 Å². The molecule has 1 fully saturated rings. The van der Waals surface area contributed by atoms with Crippen LogP contribution in [0.15, 0.2) is 54.6 Å². The van der Waals surface area contributed by atoms with Gasteiger partial charge in [0.15, 0.2) is 0 Å². The van der Waals surface area contributed by atoms with Gasteiger partial charge in [-0.2, -0.15) is 0 Å². The fourth-order valence-corrected chi connectivity index (χ4v) is 2.63. The number of ether oxygens (including phenoxy) is 1. The highest BCUT2D eigenvalue weighted by molar-refractivity contribution is 5.68. The Bertz CT molecular complexity index is 674. The molecule has 1 N–H and O–H groups in total. The minimum atomic E-state index is -0.178. The summed E-state index contributed by atoms with van der Waals surface area (Å²) < 4.78 is 17.3. The Labute approximate surface area is 141 Å². The molecule has 24 heavy (non-hydrogen) atoms. The van der Waals surface area contributed by atoms with Crippen LogP contribution in [0.5, 0.6) is 0 Å². The molecule has 2 aromatic carbocycles. The average molecular weight is 328 g/mol. The van der Waals surface area contributed by atoms with Crippen LogP contribution < -0.4 is 5.32 Å². The standard InChI is InChI=1S/C13H16N2O2.C6H5F/c16-13(17-12-7-14-8-12)15-6-5-10-3-1-2-4-11(10)9-15;7-6-4-2-1-3-5-6/h1-4,12,14H,5-9H2;1-5H. The predicted octanol–water partition coefficient (Wildman–Crippen LogP) is 2.98. The van der Waals surface area contributed by atoms with Gasteiger partial charge >= 0.3 is 6.09 Å². The fraction of sp³-hybridized carbons (Fsp3) is 0.316. The largest absolute Gasteiger partial charge is 0.443 e. The SMILES string of the molecule is Fc1ccccc1.O=C(OC1CNC1)N1CCc2ccccc2C1. The summed E-state index contributed by atoms with van der Waals surface area (Å²) in [6, 6.07) is 16.2. The van der Waals surface area contributed by atoms with Gasteiger partial charge in [-0.25, -0.2) is 9.18 Å². The van der Waals surface area contributed by atoms with E-state index in [1.807, 2.05) is 12.1 Å². The lowest BCUT2D eigenvalue weighted by Crippen LogP contribution is -2.51. The molecule has 0 saturated carbocycles. The van der Waals surface area contributed by atoms with Crippen molar-refractivity contribution >= 4 is 6.09 Å². The summed E-state index contributed by atoms with van der Waals surface area (Å²) in [6.07, 6.45) is 0.819. The van der Waals surface area contributed by atoms with Crippen molar-refractivity contribution in [3.8, 4) is 0 Å². The lowest BCUT2D eigenvalue weighted by atomic mass is 10.0. The van der Waals surface area contributed by atoms with Gasteiger partial charge in [-0.15, -0.1) is 0 Å². The molecule has 0 atom stereocenters. The van der Waals surface area contributed by atoms with Crippen LogP contribution in [0.3, 0.4) is 0 Å². The Balaban J connectivity index is 0.000000203. The molecular formula is C19H21FN2O2. The maximum Gasteiger partial charge on any atom is 0.410 e. The maximum atomic E-state index is 11.9. The maximum absolute atomic E-state index is 11.9. The van der Waals surface area contributed by atoms with Crippen molar-refractivity contribution < 1.29 is 13.9 Å². The van der Waals surface area contributed by atoms with Gasteiger partial charge in [0.25, 0.3) is 0 Å². The Morgan fingerprint density at radius 3 is 2.29 bits per heavy atom. The first-order chi connectivity index (χ1) is 11.7. The van der Waals surface area contributed by atoms with E-state index in [1.54, 1.807) is 23.1 Å². The van der Waals surface area contributed by atoms with E-state index < -0.39 is 0 Å². The molecule has 0 aliphatic carbocycles. The Morgan fingerprint density at radius 2 is 1.71 bits per heavy atom. The van der Waals surface area contributed by atoms with Gasteiger partial charge in [-0.05, 0) is 29.7 Å². The molecule has 5 heteroatoms. The van der Waals surface area contributed by atoms with E-state index in [2.05, 4.69) is 17.4 Å². The minimum absolute atomic E-state index is 0.0691. The van der Waals surface area contributed by atoms with E-state index in [-0.39, 0.29) is 18.0 Å². The van der Waals surface area contributed by atoms with Crippen molar-refractivity contribution in [1.82, 2.24) is 10.2 Å². The van der Waals surface area contributed by atoms with Crippen molar-refractivity contribution in [1.29, 1.82) is 0 Å². The van der Waals surface area contributed by atoms with E-state index in [0.717, 1.165) is 26.1 Å². The van der Waals surface area contributed by atoms with Crippen LogP contribution in [0.25, 0.3) is 0 Å². The van der Waals surface area contributed by atoms with Gasteiger partial charge in [0, 0.05) is 26.2 Å². The third kappa shape index (κ3) is 4.32. The predicted molar refractivity (Wildman–Crippen MR) is 90.1 cm³/mol. The summed E-state index contributed by atoms with van der Waals surface area (Å²) in [5, 5.41) is 3.09. The van der Waals surface area contributed by atoms with Crippen LogP contribution in [0.2, 0.25) is 0 Å². The summed E-state index contributed by atoms with van der Waals surface area (Å²) in [4.78, 5) is 13.7. The van der Waals surface area contributed by atoms with Crippen LogP contribution in [-0.4, -0.2) is 36.7 Å². The number of halogens is 1. The zero-order valence-electron chi connectivity index (χ0n) is 13.5. The molecule has 4 rings (SSSR count). The van der Waals surface area contributed by atoms with Gasteiger partial charge in [-0.3, -0.25) is 0 Å². The summed E-state index contributed by atoms with van der Waals surface area (Å²) >= 11 is 0. The average Bonchev–Trinajstić information content (AvgIpc) is 2.59. The van der Waals surface area contributed by atoms with Crippen molar-refractivity contribution in [3.05, 3.63) is 71.5 Å². The zero-order valence-corrected chi connectivity index (χ0v) is 13.5. The second-order valence-electron chi connectivity index (χ2n) is 5.90. The molecule has 1 amide bonds. The monoisotopic (exact) mass is 328 g/mol. The van der Waals surface area contributed by atoms with Crippen molar-refractivity contribution in [3.63, 3.8) is 0 Å². The van der Waals surface area contributed by atoms with Crippen molar-refractivity contribution in [2.45, 2.75) is 19.1 Å². The summed E-state index contributed by atoms with van der Waals surface area (Å²) in [5.74, 6) is -0.178. The number of hydrogen-bond donors (Lipinski definition) is 1. The smallest absolute Gasteiger partial charge is 0.410 e. The molecule has 4 nitrogen and oxygen atoms in total. The third-order valence-corrected chi connectivity index (χ3v) is 4.13. The molecule has 0 aromatic heterocycles. The highest BCUT2D eigenvalue weighted by Crippen LogP contribution is 2.19. The zero-order chi connectivity index (χ0) is 16.8. The summed E-state index contributed by atoms with van der Waals surface area (Å²) in [7, 11) is 0. The first-order valence-electron chi connectivity index (χ1n) is 8.16. The topological polar surface area (TPSA) is 41.6 Å². The molecule has 1 saturated heterocycles. The Morgan fingerprint density at radius 1 is 1.04 bits per heavy atom. The Hall–Kier alpha value is -2.40. The van der Waals surface area contributed by atoms with E-state index >= 15 is 0 Å².